The van der Waals surface area contributed by atoms with Crippen molar-refractivity contribution in [2.45, 2.75) is 51.2 Å². The molecule has 0 atom stereocenters. The number of sulfone groups is 1. The smallest absolute Gasteiger partial charge is 0.227 e. The Balaban J connectivity index is 1.26. The average Bonchev–Trinajstić information content (AvgIpc) is 3.44. The van der Waals surface area contributed by atoms with Crippen LogP contribution in [0.2, 0.25) is 5.02 Å². The normalized spacial score (nSPS) is 14.6. The summed E-state index contributed by atoms with van der Waals surface area (Å²) in [5.41, 5.74) is 4.76. The van der Waals surface area contributed by atoms with Crippen LogP contribution in [0.3, 0.4) is 0 Å². The second-order valence-electron chi connectivity index (χ2n) is 12.1. The molecular formula is C32H38ClFN6O3S. The number of rotatable bonds is 10. The van der Waals surface area contributed by atoms with E-state index >= 15 is 4.39 Å². The zero-order valence-electron chi connectivity index (χ0n) is 25.5. The first-order valence-corrected chi connectivity index (χ1v) is 16.6. The maximum absolute atomic E-state index is 15.2. The molecule has 2 aromatic heterocycles. The lowest BCUT2D eigenvalue weighted by molar-refractivity contribution is 0.0360. The zero-order chi connectivity index (χ0) is 31.5. The number of nitrogens with one attached hydrogen (secondary N) is 1. The molecule has 0 saturated carbocycles. The predicted octanol–water partition coefficient (Wildman–Crippen LogP) is 5.82. The van der Waals surface area contributed by atoms with E-state index in [1.165, 1.54) is 6.07 Å². The highest BCUT2D eigenvalue weighted by atomic mass is 35.5. The molecular weight excluding hydrogens is 603 g/mol. The number of aromatic nitrogens is 4. The van der Waals surface area contributed by atoms with Gasteiger partial charge in [0.1, 0.15) is 5.82 Å². The topological polar surface area (TPSA) is 102 Å². The molecule has 1 saturated heterocycles. The third kappa shape index (κ3) is 7.82. The second kappa shape index (κ2) is 13.3. The maximum atomic E-state index is 15.2. The lowest BCUT2D eigenvalue weighted by atomic mass is 10.0. The first-order chi connectivity index (χ1) is 20.9. The van der Waals surface area contributed by atoms with Crippen LogP contribution in [0.1, 0.15) is 43.2 Å². The lowest BCUT2D eigenvalue weighted by Crippen LogP contribution is -2.38. The van der Waals surface area contributed by atoms with Crippen LogP contribution in [-0.2, 0) is 33.3 Å². The molecule has 1 N–H and O–H groups in total. The highest BCUT2D eigenvalue weighted by molar-refractivity contribution is 7.91. The molecule has 1 fully saturated rings. The van der Waals surface area contributed by atoms with Crippen molar-refractivity contribution in [1.29, 1.82) is 0 Å². The van der Waals surface area contributed by atoms with Crippen molar-refractivity contribution in [1.82, 2.24) is 24.6 Å². The van der Waals surface area contributed by atoms with Crippen molar-refractivity contribution < 1.29 is 17.5 Å². The van der Waals surface area contributed by atoms with Gasteiger partial charge in [-0.2, -0.15) is 5.10 Å². The second-order valence-corrected chi connectivity index (χ2v) is 15.2. The molecule has 3 heterocycles. The number of hydrogen-bond acceptors (Lipinski definition) is 8. The van der Waals surface area contributed by atoms with Gasteiger partial charge in [-0.25, -0.2) is 22.8 Å². The fourth-order valence-electron chi connectivity index (χ4n) is 4.83. The molecule has 0 spiro atoms. The maximum Gasteiger partial charge on any atom is 0.227 e. The summed E-state index contributed by atoms with van der Waals surface area (Å²) >= 11 is 6.37. The van der Waals surface area contributed by atoms with E-state index in [-0.39, 0.29) is 11.6 Å². The summed E-state index contributed by atoms with van der Waals surface area (Å²) in [6.45, 7) is 11.9. The Bertz CT molecular complexity index is 1730. The van der Waals surface area contributed by atoms with E-state index in [9.17, 15) is 8.42 Å². The van der Waals surface area contributed by atoms with Gasteiger partial charge in [0.25, 0.3) is 0 Å². The molecule has 44 heavy (non-hydrogen) atoms. The number of morpholine rings is 1. The Kier molecular flexibility index (Phi) is 9.69. The molecule has 1 aliphatic rings. The van der Waals surface area contributed by atoms with Crippen molar-refractivity contribution >= 4 is 33.1 Å². The van der Waals surface area contributed by atoms with Crippen molar-refractivity contribution in [3.05, 3.63) is 88.2 Å². The molecule has 12 heteroatoms. The first-order valence-electron chi connectivity index (χ1n) is 14.6. The van der Waals surface area contributed by atoms with Gasteiger partial charge in [-0.3, -0.25) is 9.58 Å². The van der Waals surface area contributed by atoms with Crippen LogP contribution in [0.5, 0.6) is 0 Å². The van der Waals surface area contributed by atoms with Crippen molar-refractivity contribution in [3.63, 3.8) is 0 Å². The third-order valence-corrected chi connectivity index (χ3v) is 10.7. The van der Waals surface area contributed by atoms with E-state index in [0.29, 0.717) is 39.8 Å². The van der Waals surface area contributed by atoms with E-state index in [2.05, 4.69) is 25.3 Å². The Labute approximate surface area is 263 Å². The standard InChI is InChI=1S/C32H38ClFN6O3S/c1-22-18-35-31(38-30(22)16-23-5-8-28(33)24(15-23)21-44(41,42)32(2,3)4)37-26-6-7-27(29(34)17-26)25-19-36-40(20-25)10-9-39-11-13-43-14-12-39/h5-8,15,17-20H,9-14,16,21H2,1-4H3,(H,35,37,38). The molecule has 4 aromatic rings. The molecule has 5 rings (SSSR count). The van der Waals surface area contributed by atoms with Gasteiger partial charge in [0.15, 0.2) is 9.84 Å². The van der Waals surface area contributed by atoms with Crippen LogP contribution >= 0.6 is 11.6 Å². The quantitative estimate of drug-likeness (QED) is 0.231. The van der Waals surface area contributed by atoms with E-state index in [1.807, 2.05) is 29.9 Å². The predicted molar refractivity (Wildman–Crippen MR) is 172 cm³/mol. The number of aryl methyl sites for hydroxylation is 1. The van der Waals surface area contributed by atoms with Gasteiger partial charge < -0.3 is 10.1 Å². The van der Waals surface area contributed by atoms with Gasteiger partial charge >= 0.3 is 0 Å². The van der Waals surface area contributed by atoms with E-state index in [1.54, 1.807) is 51.4 Å². The minimum atomic E-state index is -3.40. The van der Waals surface area contributed by atoms with Crippen LogP contribution in [-0.4, -0.2) is 70.7 Å². The molecule has 0 aliphatic carbocycles. The number of halogens is 2. The van der Waals surface area contributed by atoms with Crippen molar-refractivity contribution in [3.8, 4) is 11.1 Å². The summed E-state index contributed by atoms with van der Waals surface area (Å²) in [5, 5.41) is 7.94. The monoisotopic (exact) mass is 640 g/mol. The lowest BCUT2D eigenvalue weighted by Gasteiger charge is -2.26. The summed E-state index contributed by atoms with van der Waals surface area (Å²) in [7, 11) is -3.40. The van der Waals surface area contributed by atoms with Gasteiger partial charge in [0.05, 0.1) is 42.1 Å². The van der Waals surface area contributed by atoms with Gasteiger partial charge in [-0.1, -0.05) is 23.7 Å². The highest BCUT2D eigenvalue weighted by Gasteiger charge is 2.29. The Morgan fingerprint density at radius 1 is 1.07 bits per heavy atom. The molecule has 0 unspecified atom stereocenters. The minimum absolute atomic E-state index is 0.143. The number of anilines is 2. The molecule has 2 aromatic carbocycles. The fourth-order valence-corrected chi connectivity index (χ4v) is 6.17. The summed E-state index contributed by atoms with van der Waals surface area (Å²) in [6, 6.07) is 10.3. The van der Waals surface area contributed by atoms with Gasteiger partial charge in [-0.05, 0) is 68.7 Å². The van der Waals surface area contributed by atoms with E-state index < -0.39 is 14.6 Å². The number of hydrogen-bond donors (Lipinski definition) is 1. The summed E-state index contributed by atoms with van der Waals surface area (Å²) < 4.78 is 47.2. The summed E-state index contributed by atoms with van der Waals surface area (Å²) in [6.07, 6.45) is 5.70. The first kappa shape index (κ1) is 32.0. The van der Waals surface area contributed by atoms with Gasteiger partial charge in [-0.15, -0.1) is 0 Å². The summed E-state index contributed by atoms with van der Waals surface area (Å²) in [5.74, 6) is -0.192. The SMILES string of the molecule is Cc1cnc(Nc2ccc(-c3cnn(CCN4CCOCC4)c3)c(F)c2)nc1Cc1ccc(Cl)c(CS(=O)(=O)C(C)(C)C)c1. The van der Waals surface area contributed by atoms with Crippen molar-refractivity contribution in [2.75, 3.05) is 38.2 Å². The molecule has 9 nitrogen and oxygen atoms in total. The average molecular weight is 641 g/mol. The van der Waals surface area contributed by atoms with Crippen LogP contribution in [0.15, 0.2) is 55.0 Å². The van der Waals surface area contributed by atoms with Crippen LogP contribution < -0.4 is 5.32 Å². The Morgan fingerprint density at radius 3 is 2.57 bits per heavy atom. The fraction of sp³-hybridized carbons (Fsp3) is 0.406. The van der Waals surface area contributed by atoms with E-state index in [4.69, 9.17) is 16.3 Å². The Hall–Kier alpha value is -3.38. The molecule has 0 bridgehead atoms. The minimum Gasteiger partial charge on any atom is -0.379 e. The molecule has 0 radical (unpaired) electrons. The number of nitrogens with zero attached hydrogens (tertiary/aromatic N) is 5. The van der Waals surface area contributed by atoms with Crippen LogP contribution in [0.25, 0.3) is 11.1 Å². The van der Waals surface area contributed by atoms with E-state index in [0.717, 1.165) is 56.2 Å². The Morgan fingerprint density at radius 2 is 1.84 bits per heavy atom. The summed E-state index contributed by atoms with van der Waals surface area (Å²) in [4.78, 5) is 11.4. The van der Waals surface area contributed by atoms with Crippen LogP contribution in [0, 0.1) is 12.7 Å². The number of ether oxygens (including phenoxy) is 1. The highest BCUT2D eigenvalue weighted by Crippen LogP contribution is 2.28. The zero-order valence-corrected chi connectivity index (χ0v) is 27.1. The largest absolute Gasteiger partial charge is 0.379 e. The molecule has 0 amide bonds. The third-order valence-electron chi connectivity index (χ3n) is 7.76. The van der Waals surface area contributed by atoms with Crippen molar-refractivity contribution in [2.24, 2.45) is 0 Å². The van der Waals surface area contributed by atoms with Gasteiger partial charge in [0, 0.05) is 60.3 Å². The number of benzene rings is 2. The molecule has 1 aliphatic heterocycles. The van der Waals surface area contributed by atoms with Crippen LogP contribution in [0.4, 0.5) is 16.0 Å². The van der Waals surface area contributed by atoms with Gasteiger partial charge in [0.2, 0.25) is 5.95 Å². The molecule has 234 valence electrons.